The highest BCUT2D eigenvalue weighted by Gasteiger charge is 2.33. The zero-order valence-corrected chi connectivity index (χ0v) is 17.0. The Morgan fingerprint density at radius 3 is 2.03 bits per heavy atom. The number of rotatable bonds is 9. The number of amides is 3. The first kappa shape index (κ1) is 22.9. The third-order valence-corrected chi connectivity index (χ3v) is 4.44. The molecule has 9 nitrogen and oxygen atoms in total. The largest absolute Gasteiger partial charge is 0.491 e. The molecule has 9 heteroatoms. The van der Waals surface area contributed by atoms with Crippen molar-refractivity contribution >= 4 is 17.7 Å². The number of hydrogen-bond donors (Lipinski definition) is 3. The number of benzene rings is 2. The molecule has 0 saturated carbocycles. The summed E-state index contributed by atoms with van der Waals surface area (Å²) < 4.78 is 10.5. The van der Waals surface area contributed by atoms with E-state index in [0.717, 1.165) is 21.8 Å². The molecule has 160 valence electrons. The lowest BCUT2D eigenvalue weighted by molar-refractivity contribution is -0.140. The summed E-state index contributed by atoms with van der Waals surface area (Å²) in [6.07, 6.45) is 0. The van der Waals surface area contributed by atoms with Crippen molar-refractivity contribution < 1.29 is 29.1 Å². The van der Waals surface area contributed by atoms with Crippen LogP contribution in [0.1, 0.15) is 10.4 Å². The van der Waals surface area contributed by atoms with Crippen molar-refractivity contribution in [3.63, 3.8) is 0 Å². The van der Waals surface area contributed by atoms with Gasteiger partial charge in [0, 0.05) is 26.8 Å². The molecule has 2 rings (SSSR count). The molecule has 0 aliphatic carbocycles. The van der Waals surface area contributed by atoms with Crippen molar-refractivity contribution in [3.8, 4) is 16.9 Å². The third-order valence-electron chi connectivity index (χ3n) is 4.44. The van der Waals surface area contributed by atoms with Crippen LogP contribution in [0.3, 0.4) is 0 Å². The maximum atomic E-state index is 12.7. The number of hydrogen-bond acceptors (Lipinski definition) is 6. The summed E-state index contributed by atoms with van der Waals surface area (Å²) in [5.74, 6) is -1.54. The Kier molecular flexibility index (Phi) is 8.33. The molecule has 30 heavy (non-hydrogen) atoms. The lowest BCUT2D eigenvalue weighted by Crippen LogP contribution is -2.54. The molecule has 1 unspecified atom stereocenters. The zero-order chi connectivity index (χ0) is 22.1. The van der Waals surface area contributed by atoms with E-state index in [1.807, 2.05) is 24.3 Å². The number of carbonyl (C=O) groups excluding carboxylic acids is 3. The molecule has 1 atom stereocenters. The smallest absolute Gasteiger partial charge is 0.275 e. The Hall–Kier alpha value is -3.43. The average Bonchev–Trinajstić information content (AvgIpc) is 2.79. The predicted molar refractivity (Wildman–Crippen MR) is 109 cm³/mol. The van der Waals surface area contributed by atoms with E-state index < -0.39 is 23.8 Å². The van der Waals surface area contributed by atoms with E-state index in [-0.39, 0.29) is 0 Å². The molecule has 0 aromatic heterocycles. The van der Waals surface area contributed by atoms with Crippen LogP contribution in [0, 0.1) is 0 Å². The van der Waals surface area contributed by atoms with E-state index in [2.05, 4.69) is 5.32 Å². The average molecular weight is 415 g/mol. The van der Waals surface area contributed by atoms with Crippen LogP contribution in [0.5, 0.6) is 5.75 Å². The first-order valence-corrected chi connectivity index (χ1v) is 9.17. The lowest BCUT2D eigenvalue weighted by atomic mass is 10.0. The number of ether oxygens (including phenoxy) is 2. The number of nitrogens with zero attached hydrogens (tertiary/aromatic N) is 1. The van der Waals surface area contributed by atoms with Crippen LogP contribution in [0.2, 0.25) is 0 Å². The highest BCUT2D eigenvalue weighted by Crippen LogP contribution is 2.23. The van der Waals surface area contributed by atoms with Crippen LogP contribution in [0.15, 0.2) is 48.5 Å². The van der Waals surface area contributed by atoms with E-state index in [9.17, 15) is 14.4 Å². The van der Waals surface area contributed by atoms with Crippen LogP contribution in [-0.2, 0) is 14.3 Å². The van der Waals surface area contributed by atoms with Gasteiger partial charge in [-0.3, -0.25) is 19.6 Å². The van der Waals surface area contributed by atoms with E-state index in [4.69, 9.17) is 14.7 Å². The first-order valence-electron chi connectivity index (χ1n) is 9.17. The van der Waals surface area contributed by atoms with E-state index in [1.165, 1.54) is 19.6 Å². The Labute approximate surface area is 174 Å². The fraction of sp³-hybridized carbons (Fsp3) is 0.286. The second kappa shape index (κ2) is 10.9. The highest BCUT2D eigenvalue weighted by atomic mass is 16.5. The van der Waals surface area contributed by atoms with E-state index in [1.54, 1.807) is 31.4 Å². The molecule has 0 spiro atoms. The summed E-state index contributed by atoms with van der Waals surface area (Å²) in [7, 11) is 4.26. The molecule has 0 aliphatic heterocycles. The number of likely N-dealkylation sites (N-methyl/N-ethyl adjacent to an activating group) is 2. The summed E-state index contributed by atoms with van der Waals surface area (Å²) in [5, 5.41) is 11.2. The molecule has 0 fully saturated rings. The van der Waals surface area contributed by atoms with Gasteiger partial charge in [0.2, 0.25) is 0 Å². The molecular formula is C21H25N3O6. The van der Waals surface area contributed by atoms with Crippen molar-refractivity contribution in [2.45, 2.75) is 6.04 Å². The molecule has 2 aromatic carbocycles. The van der Waals surface area contributed by atoms with Crippen molar-refractivity contribution in [2.75, 3.05) is 34.4 Å². The van der Waals surface area contributed by atoms with Crippen LogP contribution in [0.4, 0.5) is 0 Å². The standard InChI is InChI=1S/C21H25N3O6/c1-22-19(25)18(20(26)23-28)24(2)21(27)16-6-4-14(5-7-16)15-8-10-17(11-9-15)30-13-12-29-3/h4-11,18,28H,12-13H2,1-3H3,(H,22,25)(H,23,26). The van der Waals surface area contributed by atoms with Crippen molar-refractivity contribution in [1.29, 1.82) is 0 Å². The molecule has 3 amide bonds. The summed E-state index contributed by atoms with van der Waals surface area (Å²) in [6, 6.07) is 12.7. The first-order chi connectivity index (χ1) is 14.4. The fourth-order valence-corrected chi connectivity index (χ4v) is 2.78. The number of nitrogens with one attached hydrogen (secondary N) is 2. The summed E-state index contributed by atoms with van der Waals surface area (Å²) in [4.78, 5) is 37.4. The Balaban J connectivity index is 2.13. The highest BCUT2D eigenvalue weighted by molar-refractivity contribution is 6.08. The normalized spacial score (nSPS) is 11.3. The van der Waals surface area contributed by atoms with Gasteiger partial charge in [-0.15, -0.1) is 0 Å². The summed E-state index contributed by atoms with van der Waals surface area (Å²) in [5.41, 5.74) is 3.52. The summed E-state index contributed by atoms with van der Waals surface area (Å²) in [6.45, 7) is 0.970. The van der Waals surface area contributed by atoms with Crippen LogP contribution in [0.25, 0.3) is 11.1 Å². The van der Waals surface area contributed by atoms with Crippen molar-refractivity contribution in [2.24, 2.45) is 0 Å². The van der Waals surface area contributed by atoms with E-state index in [0.29, 0.717) is 18.8 Å². The SMILES string of the molecule is CNC(=O)C(C(=O)NO)N(C)C(=O)c1ccc(-c2ccc(OCCOC)cc2)cc1. The lowest BCUT2D eigenvalue weighted by Gasteiger charge is -2.25. The molecule has 3 N–H and O–H groups in total. The fourth-order valence-electron chi connectivity index (χ4n) is 2.78. The second-order valence-corrected chi connectivity index (χ2v) is 6.35. The van der Waals surface area contributed by atoms with Gasteiger partial charge in [-0.2, -0.15) is 0 Å². The molecule has 0 saturated heterocycles. The maximum Gasteiger partial charge on any atom is 0.275 e. The number of hydroxylamine groups is 1. The minimum absolute atomic E-state index is 0.292. The monoisotopic (exact) mass is 415 g/mol. The Morgan fingerprint density at radius 1 is 0.967 bits per heavy atom. The van der Waals surface area contributed by atoms with Crippen LogP contribution >= 0.6 is 0 Å². The van der Waals surface area contributed by atoms with E-state index >= 15 is 0 Å². The Bertz CT molecular complexity index is 851. The van der Waals surface area contributed by atoms with Gasteiger partial charge in [-0.1, -0.05) is 24.3 Å². The minimum atomic E-state index is -1.50. The van der Waals surface area contributed by atoms with Gasteiger partial charge in [0.05, 0.1) is 6.61 Å². The third kappa shape index (κ3) is 5.56. The second-order valence-electron chi connectivity index (χ2n) is 6.35. The van der Waals surface area contributed by atoms with Gasteiger partial charge >= 0.3 is 0 Å². The minimum Gasteiger partial charge on any atom is -0.491 e. The number of methoxy groups -OCH3 is 1. The van der Waals surface area contributed by atoms with Gasteiger partial charge in [-0.05, 0) is 35.4 Å². The maximum absolute atomic E-state index is 12.7. The molecule has 0 aliphatic rings. The topological polar surface area (TPSA) is 117 Å². The van der Waals surface area contributed by atoms with Gasteiger partial charge < -0.3 is 19.7 Å². The molecule has 0 heterocycles. The van der Waals surface area contributed by atoms with Crippen LogP contribution < -0.4 is 15.5 Å². The number of carbonyl (C=O) groups is 3. The summed E-state index contributed by atoms with van der Waals surface area (Å²) >= 11 is 0. The van der Waals surface area contributed by atoms with Crippen molar-refractivity contribution in [1.82, 2.24) is 15.7 Å². The Morgan fingerprint density at radius 2 is 1.53 bits per heavy atom. The van der Waals surface area contributed by atoms with Gasteiger partial charge in [-0.25, -0.2) is 5.48 Å². The van der Waals surface area contributed by atoms with Crippen molar-refractivity contribution in [3.05, 3.63) is 54.1 Å². The quantitative estimate of drug-likeness (QED) is 0.244. The van der Waals surface area contributed by atoms with Gasteiger partial charge in [0.25, 0.3) is 17.7 Å². The predicted octanol–water partition coefficient (Wildman–Crippen LogP) is 1.07. The zero-order valence-electron chi connectivity index (χ0n) is 17.0. The molecular weight excluding hydrogens is 390 g/mol. The van der Waals surface area contributed by atoms with Crippen LogP contribution in [-0.4, -0.2) is 68.3 Å². The molecule has 2 aromatic rings. The van der Waals surface area contributed by atoms with Gasteiger partial charge in [0.15, 0.2) is 6.04 Å². The molecule has 0 radical (unpaired) electrons. The van der Waals surface area contributed by atoms with Gasteiger partial charge in [0.1, 0.15) is 12.4 Å². The molecule has 0 bridgehead atoms.